The third-order valence-electron chi connectivity index (χ3n) is 2.80. The van der Waals surface area contributed by atoms with Crippen molar-refractivity contribution in [2.75, 3.05) is 0 Å². The summed E-state index contributed by atoms with van der Waals surface area (Å²) in [6.07, 6.45) is 6.34. The molecule has 0 bridgehead atoms. The van der Waals surface area contributed by atoms with Gasteiger partial charge in [0.15, 0.2) is 0 Å². The topological polar surface area (TPSA) is 92.7 Å². The predicted molar refractivity (Wildman–Crippen MR) is 79.3 cm³/mol. The number of hydrogen-bond acceptors (Lipinski definition) is 4. The minimum absolute atomic E-state index is 0.261. The molecule has 0 radical (unpaired) electrons. The van der Waals surface area contributed by atoms with Crippen LogP contribution in [-0.2, 0) is 9.59 Å². The molecule has 0 spiro atoms. The molecule has 1 rings (SSSR count). The number of terminal acetylenes is 1. The van der Waals surface area contributed by atoms with Crippen LogP contribution >= 0.6 is 0 Å². The predicted octanol–water partition coefficient (Wildman–Crippen LogP) is 1.60. The van der Waals surface area contributed by atoms with E-state index in [1.165, 1.54) is 31.2 Å². The fourth-order valence-corrected chi connectivity index (χ4v) is 1.75. The van der Waals surface area contributed by atoms with Crippen molar-refractivity contribution in [3.05, 3.63) is 29.8 Å². The van der Waals surface area contributed by atoms with Gasteiger partial charge in [0.1, 0.15) is 11.8 Å². The fraction of sp³-hybridized carbons (Fsp3) is 0.312. The number of benzene rings is 1. The monoisotopic (exact) mass is 303 g/mol. The Labute approximate surface area is 128 Å². The van der Waals surface area contributed by atoms with E-state index in [0.29, 0.717) is 18.6 Å². The Morgan fingerprint density at radius 3 is 2.45 bits per heavy atom. The van der Waals surface area contributed by atoms with Gasteiger partial charge in [0.25, 0.3) is 5.91 Å². The first-order valence-corrected chi connectivity index (χ1v) is 6.69. The number of carboxylic acid groups (broad SMARTS) is 1. The van der Waals surface area contributed by atoms with Gasteiger partial charge < -0.3 is 15.2 Å². The van der Waals surface area contributed by atoms with Crippen molar-refractivity contribution in [2.24, 2.45) is 0 Å². The lowest BCUT2D eigenvalue weighted by Gasteiger charge is -2.14. The van der Waals surface area contributed by atoms with Crippen LogP contribution in [0.25, 0.3) is 0 Å². The van der Waals surface area contributed by atoms with Crippen LogP contribution in [-0.4, -0.2) is 29.0 Å². The smallest absolute Gasteiger partial charge is 0.326 e. The molecule has 0 unspecified atom stereocenters. The third kappa shape index (κ3) is 5.67. The van der Waals surface area contributed by atoms with E-state index in [9.17, 15) is 14.4 Å². The minimum atomic E-state index is -1.11. The first-order valence-electron chi connectivity index (χ1n) is 6.69. The number of hydrogen-bond donors (Lipinski definition) is 2. The van der Waals surface area contributed by atoms with Gasteiger partial charge in [-0.3, -0.25) is 9.59 Å². The fourth-order valence-electron chi connectivity index (χ4n) is 1.75. The van der Waals surface area contributed by atoms with Gasteiger partial charge in [0, 0.05) is 18.9 Å². The largest absolute Gasteiger partial charge is 0.480 e. The number of esters is 1. The standard InChI is InChI=1S/C16H17NO5/c1-3-4-5-6-14(16(20)21)17-15(19)12-7-9-13(10-8-12)22-11(2)18/h1,7-10,14H,4-6H2,2H3,(H,17,19)(H,20,21)/t14-/m0/s1. The van der Waals surface area contributed by atoms with Crippen molar-refractivity contribution in [2.45, 2.75) is 32.2 Å². The van der Waals surface area contributed by atoms with Gasteiger partial charge in [0.05, 0.1) is 0 Å². The van der Waals surface area contributed by atoms with Gasteiger partial charge >= 0.3 is 11.9 Å². The molecule has 0 saturated heterocycles. The number of ether oxygens (including phenoxy) is 1. The Morgan fingerprint density at radius 2 is 1.95 bits per heavy atom. The summed E-state index contributed by atoms with van der Waals surface area (Å²) in [6, 6.07) is 4.84. The zero-order valence-electron chi connectivity index (χ0n) is 12.2. The lowest BCUT2D eigenvalue weighted by molar-refractivity contribution is -0.139. The first kappa shape index (κ1) is 17.2. The summed E-state index contributed by atoms with van der Waals surface area (Å²) in [7, 11) is 0. The molecule has 1 amide bonds. The van der Waals surface area contributed by atoms with Gasteiger partial charge in [-0.05, 0) is 37.1 Å². The summed E-state index contributed by atoms with van der Waals surface area (Å²) >= 11 is 0. The van der Waals surface area contributed by atoms with Gasteiger partial charge in [-0.25, -0.2) is 4.79 Å². The quantitative estimate of drug-likeness (QED) is 0.345. The highest BCUT2D eigenvalue weighted by Crippen LogP contribution is 2.13. The second kappa shape index (κ2) is 8.47. The number of amides is 1. The summed E-state index contributed by atoms with van der Waals surface area (Å²) in [4.78, 5) is 33.9. The maximum atomic E-state index is 12.0. The van der Waals surface area contributed by atoms with E-state index in [1.54, 1.807) is 0 Å². The lowest BCUT2D eigenvalue weighted by Crippen LogP contribution is -2.40. The number of carbonyl (C=O) groups is 3. The van der Waals surface area contributed by atoms with Gasteiger partial charge in [-0.15, -0.1) is 12.3 Å². The zero-order valence-corrected chi connectivity index (χ0v) is 12.2. The molecule has 0 saturated carbocycles. The maximum absolute atomic E-state index is 12.0. The van der Waals surface area contributed by atoms with Gasteiger partial charge in [-0.1, -0.05) is 0 Å². The second-order valence-corrected chi connectivity index (χ2v) is 4.58. The Balaban J connectivity index is 2.67. The molecule has 1 aromatic carbocycles. The lowest BCUT2D eigenvalue weighted by atomic mass is 10.1. The van der Waals surface area contributed by atoms with E-state index in [1.807, 2.05) is 0 Å². The van der Waals surface area contributed by atoms with Crippen molar-refractivity contribution in [1.29, 1.82) is 0 Å². The van der Waals surface area contributed by atoms with Crippen LogP contribution in [0.4, 0.5) is 0 Å². The number of unbranched alkanes of at least 4 members (excludes halogenated alkanes) is 1. The molecule has 0 heterocycles. The molecule has 2 N–H and O–H groups in total. The highest BCUT2D eigenvalue weighted by molar-refractivity contribution is 5.96. The molecule has 1 atom stereocenters. The van der Waals surface area contributed by atoms with Crippen molar-refractivity contribution in [3.63, 3.8) is 0 Å². The number of carboxylic acids is 1. The highest BCUT2D eigenvalue weighted by atomic mass is 16.5. The summed E-state index contributed by atoms with van der Waals surface area (Å²) in [6.45, 7) is 1.27. The van der Waals surface area contributed by atoms with E-state index in [0.717, 1.165) is 0 Å². The Bertz CT molecular complexity index is 586. The number of nitrogens with one attached hydrogen (secondary N) is 1. The average molecular weight is 303 g/mol. The van der Waals surface area contributed by atoms with Crippen molar-refractivity contribution in [1.82, 2.24) is 5.32 Å². The van der Waals surface area contributed by atoms with E-state index in [-0.39, 0.29) is 12.0 Å². The van der Waals surface area contributed by atoms with E-state index >= 15 is 0 Å². The normalized spacial score (nSPS) is 11.1. The van der Waals surface area contributed by atoms with Crippen LogP contribution in [0.2, 0.25) is 0 Å². The number of aliphatic carboxylic acids is 1. The molecular formula is C16H17NO5. The molecule has 6 nitrogen and oxygen atoms in total. The number of rotatable bonds is 7. The number of carbonyl (C=O) groups excluding carboxylic acids is 2. The molecule has 0 aliphatic heterocycles. The van der Waals surface area contributed by atoms with Crippen LogP contribution in [0.5, 0.6) is 5.75 Å². The molecule has 6 heteroatoms. The van der Waals surface area contributed by atoms with E-state index < -0.39 is 23.9 Å². The summed E-state index contributed by atoms with van der Waals surface area (Å²) in [5.41, 5.74) is 0.277. The molecular weight excluding hydrogens is 286 g/mol. The Kier molecular flexibility index (Phi) is 6.64. The van der Waals surface area contributed by atoms with Crippen LogP contribution < -0.4 is 10.1 Å². The SMILES string of the molecule is C#CCCC[C@H](NC(=O)c1ccc(OC(C)=O)cc1)C(=O)O. The molecule has 0 aromatic heterocycles. The van der Waals surface area contributed by atoms with Gasteiger partial charge in [-0.2, -0.15) is 0 Å². The van der Waals surface area contributed by atoms with E-state index in [2.05, 4.69) is 11.2 Å². The average Bonchev–Trinajstić information content (AvgIpc) is 2.46. The summed E-state index contributed by atoms with van der Waals surface area (Å²) in [5.74, 6) is 0.652. The summed E-state index contributed by atoms with van der Waals surface area (Å²) < 4.78 is 4.85. The molecule has 1 aromatic rings. The molecule has 0 fully saturated rings. The Morgan fingerprint density at radius 1 is 1.32 bits per heavy atom. The molecule has 0 aliphatic carbocycles. The summed E-state index contributed by atoms with van der Waals surface area (Å²) in [5, 5.41) is 11.5. The van der Waals surface area contributed by atoms with E-state index in [4.69, 9.17) is 16.3 Å². The van der Waals surface area contributed by atoms with Crippen LogP contribution in [0.1, 0.15) is 36.5 Å². The maximum Gasteiger partial charge on any atom is 0.326 e. The van der Waals surface area contributed by atoms with Crippen LogP contribution in [0.15, 0.2) is 24.3 Å². The zero-order chi connectivity index (χ0) is 16.5. The van der Waals surface area contributed by atoms with Crippen LogP contribution in [0, 0.1) is 12.3 Å². The van der Waals surface area contributed by atoms with Crippen molar-refractivity contribution in [3.8, 4) is 18.1 Å². The molecule has 0 aliphatic rings. The van der Waals surface area contributed by atoms with Crippen LogP contribution in [0.3, 0.4) is 0 Å². The first-order chi connectivity index (χ1) is 10.4. The molecule has 116 valence electrons. The molecule has 22 heavy (non-hydrogen) atoms. The third-order valence-corrected chi connectivity index (χ3v) is 2.80. The Hall–Kier alpha value is -2.81. The van der Waals surface area contributed by atoms with Gasteiger partial charge in [0.2, 0.25) is 0 Å². The second-order valence-electron chi connectivity index (χ2n) is 4.58. The van der Waals surface area contributed by atoms with Crippen molar-refractivity contribution < 1.29 is 24.2 Å². The minimum Gasteiger partial charge on any atom is -0.480 e. The highest BCUT2D eigenvalue weighted by Gasteiger charge is 2.20. The van der Waals surface area contributed by atoms with Crippen molar-refractivity contribution >= 4 is 17.8 Å².